The molecule has 3 unspecified atom stereocenters. The normalized spacial score (nSPS) is 13.9. The summed E-state index contributed by atoms with van der Waals surface area (Å²) in [4.78, 5) is 48.2. The molecule has 3 atom stereocenters. The molecule has 0 aromatic heterocycles. The van der Waals surface area contributed by atoms with E-state index in [-0.39, 0.29) is 25.9 Å². The number of phosphoric acid groups is 1. The molecule has 0 aromatic carbocycles. The van der Waals surface area contributed by atoms with Crippen LogP contribution in [-0.2, 0) is 42.2 Å². The molecule has 0 saturated heterocycles. The second kappa shape index (κ2) is 47.0. The number of aliphatic hydroxyl groups excluding tert-OH is 1. The predicted molar refractivity (Wildman–Crippen MR) is 261 cm³/mol. The van der Waals surface area contributed by atoms with Crippen molar-refractivity contribution in [1.82, 2.24) is 0 Å². The molecule has 0 spiro atoms. The standard InChI is InChI=1S/C52H93O11P/c1-4-7-10-13-16-19-22-23-24-25-28-31-34-37-40-43-52(56)63-49(45-59-50(54)41-38-35-32-29-26-20-17-14-11-8-5-2)47-61-64(57,58)60-46-48(44-53)62-51(55)42-39-36-33-30-27-21-18-15-12-9-6-3/h7,10,15-16,18-19,23-24,48-49,53H,4-6,8-9,11-14,17,20-22,25-47H2,1-3H3,(H,57,58)/b10-7-,18-15-,19-16-,24-23-. The number of rotatable bonds is 47. The maximum atomic E-state index is 12.8. The van der Waals surface area contributed by atoms with Crippen molar-refractivity contribution in [3.8, 4) is 0 Å². The summed E-state index contributed by atoms with van der Waals surface area (Å²) in [5, 5.41) is 9.75. The zero-order chi connectivity index (χ0) is 47.0. The van der Waals surface area contributed by atoms with Gasteiger partial charge in [-0.05, 0) is 70.6 Å². The Kier molecular flexibility index (Phi) is 45.1. The number of phosphoric ester groups is 1. The number of allylic oxidation sites excluding steroid dienone is 8. The summed E-state index contributed by atoms with van der Waals surface area (Å²) in [6.07, 6.45) is 46.5. The molecule has 12 heteroatoms. The van der Waals surface area contributed by atoms with Gasteiger partial charge < -0.3 is 24.2 Å². The van der Waals surface area contributed by atoms with Crippen molar-refractivity contribution >= 4 is 25.7 Å². The fourth-order valence-electron chi connectivity index (χ4n) is 6.82. The number of hydrogen-bond acceptors (Lipinski definition) is 10. The zero-order valence-electron chi connectivity index (χ0n) is 40.7. The van der Waals surface area contributed by atoms with Crippen molar-refractivity contribution in [2.45, 2.75) is 238 Å². The molecule has 0 radical (unpaired) electrons. The highest BCUT2D eigenvalue weighted by Gasteiger charge is 2.28. The number of carbonyl (C=O) groups excluding carboxylic acids is 3. The molecule has 0 aliphatic carbocycles. The van der Waals surface area contributed by atoms with E-state index in [1.807, 2.05) is 0 Å². The molecule has 0 rings (SSSR count). The van der Waals surface area contributed by atoms with Crippen LogP contribution in [-0.4, -0.2) is 66.5 Å². The average molecular weight is 925 g/mol. The number of ether oxygens (including phenoxy) is 3. The third-order valence-corrected chi connectivity index (χ3v) is 11.7. The second-order valence-electron chi connectivity index (χ2n) is 17.0. The van der Waals surface area contributed by atoms with E-state index in [9.17, 15) is 28.9 Å². The van der Waals surface area contributed by atoms with Crippen molar-refractivity contribution in [3.63, 3.8) is 0 Å². The van der Waals surface area contributed by atoms with E-state index >= 15 is 0 Å². The largest absolute Gasteiger partial charge is 0.472 e. The molecule has 0 heterocycles. The fraction of sp³-hybridized carbons (Fsp3) is 0.788. The van der Waals surface area contributed by atoms with E-state index in [2.05, 4.69) is 69.4 Å². The van der Waals surface area contributed by atoms with Gasteiger partial charge in [-0.25, -0.2) is 4.57 Å². The molecule has 64 heavy (non-hydrogen) atoms. The van der Waals surface area contributed by atoms with Crippen LogP contribution in [0.4, 0.5) is 0 Å². The van der Waals surface area contributed by atoms with Crippen LogP contribution in [0.3, 0.4) is 0 Å². The third kappa shape index (κ3) is 44.6. The highest BCUT2D eigenvalue weighted by atomic mass is 31.2. The number of carbonyl (C=O) groups is 3. The molecule has 0 bridgehead atoms. The van der Waals surface area contributed by atoms with E-state index in [4.69, 9.17) is 23.3 Å². The predicted octanol–water partition coefficient (Wildman–Crippen LogP) is 14.2. The van der Waals surface area contributed by atoms with Crippen molar-refractivity contribution in [1.29, 1.82) is 0 Å². The van der Waals surface area contributed by atoms with Crippen LogP contribution in [0.1, 0.15) is 226 Å². The van der Waals surface area contributed by atoms with Crippen molar-refractivity contribution in [2.75, 3.05) is 26.4 Å². The Balaban J connectivity index is 4.77. The first-order valence-electron chi connectivity index (χ1n) is 25.5. The fourth-order valence-corrected chi connectivity index (χ4v) is 7.61. The molecule has 0 saturated carbocycles. The minimum Gasteiger partial charge on any atom is -0.462 e. The lowest BCUT2D eigenvalue weighted by Crippen LogP contribution is -2.30. The van der Waals surface area contributed by atoms with E-state index in [0.717, 1.165) is 109 Å². The van der Waals surface area contributed by atoms with Gasteiger partial charge in [0.25, 0.3) is 0 Å². The van der Waals surface area contributed by atoms with Gasteiger partial charge in [0.2, 0.25) is 0 Å². The molecule has 0 amide bonds. The number of esters is 3. The monoisotopic (exact) mass is 925 g/mol. The lowest BCUT2D eigenvalue weighted by Gasteiger charge is -2.21. The maximum Gasteiger partial charge on any atom is 0.472 e. The van der Waals surface area contributed by atoms with Crippen molar-refractivity contribution in [2.24, 2.45) is 0 Å². The van der Waals surface area contributed by atoms with Crippen molar-refractivity contribution in [3.05, 3.63) is 48.6 Å². The molecular weight excluding hydrogens is 832 g/mol. The van der Waals surface area contributed by atoms with Gasteiger partial charge in [-0.1, -0.05) is 185 Å². The summed E-state index contributed by atoms with van der Waals surface area (Å²) in [7, 11) is -4.74. The number of hydrogen-bond donors (Lipinski definition) is 2. The summed E-state index contributed by atoms with van der Waals surface area (Å²) in [5.41, 5.74) is 0. The van der Waals surface area contributed by atoms with E-state index < -0.39 is 57.8 Å². The molecule has 0 aliphatic rings. The third-order valence-electron chi connectivity index (χ3n) is 10.7. The molecule has 0 fully saturated rings. The van der Waals surface area contributed by atoms with E-state index in [1.54, 1.807) is 0 Å². The van der Waals surface area contributed by atoms with Gasteiger partial charge in [0, 0.05) is 19.3 Å². The Bertz CT molecular complexity index is 1260. The minimum absolute atomic E-state index is 0.149. The molecule has 0 aromatic rings. The lowest BCUT2D eigenvalue weighted by atomic mass is 10.1. The van der Waals surface area contributed by atoms with Crippen LogP contribution in [0.2, 0.25) is 0 Å². The smallest absolute Gasteiger partial charge is 0.462 e. The Morgan fingerprint density at radius 3 is 1.31 bits per heavy atom. The minimum atomic E-state index is -4.74. The summed E-state index contributed by atoms with van der Waals surface area (Å²) in [6, 6.07) is 0. The van der Waals surface area contributed by atoms with Gasteiger partial charge >= 0.3 is 25.7 Å². The first-order valence-corrected chi connectivity index (χ1v) is 27.0. The highest BCUT2D eigenvalue weighted by molar-refractivity contribution is 7.47. The first kappa shape index (κ1) is 61.4. The Labute approximate surface area is 390 Å². The van der Waals surface area contributed by atoms with Gasteiger partial charge in [-0.15, -0.1) is 0 Å². The van der Waals surface area contributed by atoms with Crippen LogP contribution in [0.25, 0.3) is 0 Å². The van der Waals surface area contributed by atoms with E-state index in [0.29, 0.717) is 19.3 Å². The van der Waals surface area contributed by atoms with Gasteiger partial charge in [-0.2, -0.15) is 0 Å². The zero-order valence-corrected chi connectivity index (χ0v) is 41.6. The van der Waals surface area contributed by atoms with Gasteiger partial charge in [0.15, 0.2) is 6.10 Å². The van der Waals surface area contributed by atoms with Crippen LogP contribution in [0.15, 0.2) is 48.6 Å². The molecular formula is C52H93O11P. The van der Waals surface area contributed by atoms with Crippen LogP contribution in [0.5, 0.6) is 0 Å². The topological polar surface area (TPSA) is 155 Å². The van der Waals surface area contributed by atoms with Crippen molar-refractivity contribution < 1.29 is 52.2 Å². The summed E-state index contributed by atoms with van der Waals surface area (Å²) in [6.45, 7) is 4.45. The first-order chi connectivity index (χ1) is 31.2. The Morgan fingerprint density at radius 1 is 0.453 bits per heavy atom. The van der Waals surface area contributed by atoms with Gasteiger partial charge in [0.1, 0.15) is 12.7 Å². The second-order valence-corrected chi connectivity index (χ2v) is 18.4. The summed E-state index contributed by atoms with van der Waals surface area (Å²) in [5.74, 6) is -1.49. The molecule has 2 N–H and O–H groups in total. The molecule has 372 valence electrons. The van der Waals surface area contributed by atoms with Crippen LogP contribution >= 0.6 is 7.82 Å². The van der Waals surface area contributed by atoms with Gasteiger partial charge in [-0.3, -0.25) is 23.4 Å². The Hall–Kier alpha value is -2.56. The summed E-state index contributed by atoms with van der Waals surface area (Å²) >= 11 is 0. The average Bonchev–Trinajstić information content (AvgIpc) is 3.28. The van der Waals surface area contributed by atoms with Crippen LogP contribution in [0, 0.1) is 0 Å². The Morgan fingerprint density at radius 2 is 0.828 bits per heavy atom. The number of aliphatic hydroxyl groups is 1. The lowest BCUT2D eigenvalue weighted by molar-refractivity contribution is -0.161. The highest BCUT2D eigenvalue weighted by Crippen LogP contribution is 2.43. The number of unbranched alkanes of at least 4 members (excludes halogenated alkanes) is 22. The van der Waals surface area contributed by atoms with E-state index in [1.165, 1.54) is 57.8 Å². The van der Waals surface area contributed by atoms with Gasteiger partial charge in [0.05, 0.1) is 19.8 Å². The summed E-state index contributed by atoms with van der Waals surface area (Å²) < 4.78 is 39.3. The quantitative estimate of drug-likeness (QED) is 0.0197. The molecule has 11 nitrogen and oxygen atoms in total. The van der Waals surface area contributed by atoms with Crippen LogP contribution < -0.4 is 0 Å². The maximum absolute atomic E-state index is 12.8. The molecule has 0 aliphatic heterocycles. The SMILES string of the molecule is CC/C=C\C/C=C\C/C=C\CCCCCCCC(=O)OC(COC(=O)CCCCCCCCCCCCC)COP(=O)(O)OCC(CO)OC(=O)CCCCCCC/C=C\CCCC.